The van der Waals surface area contributed by atoms with E-state index < -0.39 is 26.2 Å². The molecule has 0 aromatic heterocycles. The first-order valence-electron chi connectivity index (χ1n) is 2.20. The second-order valence-corrected chi connectivity index (χ2v) is 2.55. The molecule has 0 aliphatic heterocycles. The Balaban J connectivity index is 0. The fourth-order valence-corrected chi connectivity index (χ4v) is 0.610. The molecule has 56 valence electrons. The first-order valence-corrected chi connectivity index (χ1v) is 3.44. The molecule has 0 aliphatic rings. The zero-order chi connectivity index (χ0) is 7.44. The van der Waals surface area contributed by atoms with Gasteiger partial charge in [0, 0.05) is 0 Å². The molecular formula is C3H8NaO5P. The number of rotatable bonds is 3. The molecule has 7 heteroatoms. The first-order chi connectivity index (χ1) is 4.09. The Labute approximate surface area is 80.2 Å². The van der Waals surface area contributed by atoms with Crippen molar-refractivity contribution in [2.45, 2.75) is 11.9 Å². The van der Waals surface area contributed by atoms with Crippen molar-refractivity contribution in [1.82, 2.24) is 0 Å². The molecule has 0 rings (SSSR count). The van der Waals surface area contributed by atoms with E-state index in [1.54, 1.807) is 0 Å². The van der Waals surface area contributed by atoms with Crippen molar-refractivity contribution in [2.75, 3.05) is 6.61 Å². The topological polar surface area (TPSA) is 94.8 Å². The fourth-order valence-electron chi connectivity index (χ4n) is 0.235. The van der Waals surface area contributed by atoms with Crippen LogP contribution in [0.25, 0.3) is 0 Å². The number of hydrogen-bond donors (Lipinski definition) is 3. The molecule has 0 saturated heterocycles. The van der Waals surface area contributed by atoms with E-state index >= 15 is 0 Å². The summed E-state index contributed by atoms with van der Waals surface area (Å²) in [4.78, 5) is 0. The van der Waals surface area contributed by atoms with Gasteiger partial charge < -0.3 is 15.3 Å². The van der Waals surface area contributed by atoms with Gasteiger partial charge in [-0.1, -0.05) is 0 Å². The van der Waals surface area contributed by atoms with Gasteiger partial charge in [-0.3, -0.25) is 0 Å². The Kier molecular flexibility index (Phi) is 8.68. The van der Waals surface area contributed by atoms with Crippen molar-refractivity contribution < 1.29 is 24.4 Å². The van der Waals surface area contributed by atoms with E-state index in [0.717, 1.165) is 0 Å². The van der Waals surface area contributed by atoms with E-state index in [1.807, 2.05) is 0 Å². The molecular weight excluding hydrogens is 170 g/mol. The number of hydrogen-bond acceptors (Lipinski definition) is 5. The zero-order valence-electron chi connectivity index (χ0n) is 4.47. The van der Waals surface area contributed by atoms with E-state index in [0.29, 0.717) is 0 Å². The van der Waals surface area contributed by atoms with Gasteiger partial charge in [0.15, 0.2) is 5.85 Å². The molecule has 0 amide bonds. The summed E-state index contributed by atoms with van der Waals surface area (Å²) in [6.45, 7) is -0.759. The molecule has 0 heterocycles. The van der Waals surface area contributed by atoms with Crippen LogP contribution in [0.3, 0.4) is 0 Å². The van der Waals surface area contributed by atoms with Crippen molar-refractivity contribution in [3.8, 4) is 0 Å². The fraction of sp³-hybridized carbons (Fsp3) is 1.00. The van der Waals surface area contributed by atoms with Gasteiger partial charge in [0.05, 0.1) is 6.61 Å². The molecule has 0 fully saturated rings. The third kappa shape index (κ3) is 4.57. The summed E-state index contributed by atoms with van der Waals surface area (Å²) < 4.78 is 19.6. The summed E-state index contributed by atoms with van der Waals surface area (Å²) in [7, 11) is -3.06. The van der Waals surface area contributed by atoms with Crippen LogP contribution >= 0.6 is 7.68 Å². The molecule has 0 radical (unpaired) electrons. The number of aliphatic hydroxyl groups is 3. The molecule has 0 aliphatic carbocycles. The summed E-state index contributed by atoms with van der Waals surface area (Å²) in [5, 5.41) is 24.9. The van der Waals surface area contributed by atoms with Crippen molar-refractivity contribution in [3.05, 3.63) is 0 Å². The zero-order valence-corrected chi connectivity index (χ0v) is 5.36. The molecule has 10 heavy (non-hydrogen) atoms. The minimum absolute atomic E-state index is 0. The Morgan fingerprint density at radius 3 is 1.80 bits per heavy atom. The molecule has 2 atom stereocenters. The van der Waals surface area contributed by atoms with Gasteiger partial charge in [-0.25, -0.2) is 9.13 Å². The molecule has 5 nitrogen and oxygen atoms in total. The summed E-state index contributed by atoms with van der Waals surface area (Å²) >= 11 is 0. The Morgan fingerprint density at radius 1 is 1.30 bits per heavy atom. The van der Waals surface area contributed by atoms with Crippen LogP contribution in [0.4, 0.5) is 0 Å². The van der Waals surface area contributed by atoms with Crippen molar-refractivity contribution in [3.63, 3.8) is 0 Å². The maximum absolute atomic E-state index is 9.82. The van der Waals surface area contributed by atoms with Crippen molar-refractivity contribution >= 4 is 37.2 Å². The van der Waals surface area contributed by atoms with E-state index in [1.165, 1.54) is 0 Å². The second kappa shape index (κ2) is 6.49. The average Bonchev–Trinajstić information content (AvgIpc) is 1.84. The normalized spacial score (nSPS) is 15.1. The van der Waals surface area contributed by atoms with Gasteiger partial charge in [0.2, 0.25) is 0 Å². The van der Waals surface area contributed by atoms with Crippen LogP contribution in [0, 0.1) is 0 Å². The van der Waals surface area contributed by atoms with Gasteiger partial charge in [-0.05, 0) is 0 Å². The monoisotopic (exact) mass is 178 g/mol. The second-order valence-electron chi connectivity index (χ2n) is 1.45. The molecule has 0 aromatic carbocycles. The molecule has 0 spiro atoms. The van der Waals surface area contributed by atoms with E-state index in [4.69, 9.17) is 15.3 Å². The van der Waals surface area contributed by atoms with Crippen LogP contribution < -0.4 is 0 Å². The molecule has 0 aromatic rings. The van der Waals surface area contributed by atoms with Crippen molar-refractivity contribution in [1.29, 1.82) is 0 Å². The minimum atomic E-state index is -3.06. The predicted octanol–water partition coefficient (Wildman–Crippen LogP) is -1.82. The standard InChI is InChI=1S/C3H7O5P.Na.H/c4-1-2(5)3(6)9(7)8;;/h2-6H,1H2;;. The van der Waals surface area contributed by atoms with Gasteiger partial charge in [0.1, 0.15) is 6.10 Å². The summed E-state index contributed by atoms with van der Waals surface area (Å²) in [5.74, 6) is -1.86. The van der Waals surface area contributed by atoms with E-state index in [-0.39, 0.29) is 29.6 Å². The van der Waals surface area contributed by atoms with Gasteiger partial charge in [-0.2, -0.15) is 0 Å². The molecule has 3 N–H and O–H groups in total. The quantitative estimate of drug-likeness (QED) is 0.349. The molecule has 0 saturated carbocycles. The van der Waals surface area contributed by atoms with Crippen LogP contribution in [0.5, 0.6) is 0 Å². The van der Waals surface area contributed by atoms with Crippen LogP contribution in [0.15, 0.2) is 0 Å². The van der Waals surface area contributed by atoms with Gasteiger partial charge >= 0.3 is 37.2 Å². The summed E-state index contributed by atoms with van der Waals surface area (Å²) in [5.41, 5.74) is 0. The predicted molar refractivity (Wildman–Crippen MR) is 34.5 cm³/mol. The summed E-state index contributed by atoms with van der Waals surface area (Å²) in [6, 6.07) is 0. The molecule has 0 bridgehead atoms. The van der Waals surface area contributed by atoms with Gasteiger partial charge in [-0.15, -0.1) is 0 Å². The van der Waals surface area contributed by atoms with Gasteiger partial charge in [0.25, 0.3) is 0 Å². The Morgan fingerprint density at radius 2 is 1.70 bits per heavy atom. The van der Waals surface area contributed by atoms with E-state index in [2.05, 4.69) is 0 Å². The average molecular weight is 178 g/mol. The number of aliphatic hydroxyl groups excluding tert-OH is 3. The Bertz CT molecular complexity index is 138. The third-order valence-electron chi connectivity index (χ3n) is 0.747. The van der Waals surface area contributed by atoms with Crippen LogP contribution in [-0.2, 0) is 9.13 Å². The van der Waals surface area contributed by atoms with Crippen molar-refractivity contribution in [2.24, 2.45) is 0 Å². The van der Waals surface area contributed by atoms with Crippen LogP contribution in [-0.4, -0.2) is 63.4 Å². The third-order valence-corrected chi connectivity index (χ3v) is 1.52. The SMILES string of the molecule is O=P(=O)C(O)C(O)CO.[NaH]. The summed E-state index contributed by atoms with van der Waals surface area (Å²) in [6.07, 6.45) is -1.59. The maximum atomic E-state index is 9.82. The Hall–Kier alpha value is 0.780. The first kappa shape index (κ1) is 13.4. The van der Waals surface area contributed by atoms with Crippen LogP contribution in [0.1, 0.15) is 0 Å². The van der Waals surface area contributed by atoms with E-state index in [9.17, 15) is 9.13 Å². The molecule has 2 unspecified atom stereocenters. The van der Waals surface area contributed by atoms with Crippen LogP contribution in [0.2, 0.25) is 0 Å².